The third-order valence-corrected chi connectivity index (χ3v) is 6.77. The van der Waals surface area contributed by atoms with Crippen molar-refractivity contribution in [1.82, 2.24) is 0 Å². The summed E-state index contributed by atoms with van der Waals surface area (Å²) in [6.45, 7) is 0. The van der Waals surface area contributed by atoms with E-state index in [1.807, 2.05) is 0 Å². The molecule has 0 aliphatic rings. The van der Waals surface area contributed by atoms with Crippen LogP contribution >= 0.6 is 0 Å². The number of phenols is 4. The van der Waals surface area contributed by atoms with E-state index in [4.69, 9.17) is 0 Å². The standard InChI is InChI=1S/C22H16N4O10S2/c27-14-5-1-12(2-6-14)23-25-19-16(37(31,32)33)9-11-10-17(38(34,35)36)20(22(30)18(11)21(19)29)26-24-13-3-7-15(28)8-4-13/h1-10,27-30H,(H,31,32,33)(H,34,35,36). The fourth-order valence-corrected chi connectivity index (χ4v) is 4.62. The minimum absolute atomic E-state index is 0.0929. The molecular formula is C22H16N4O10S2. The molecule has 0 atom stereocenters. The molecule has 0 saturated carbocycles. The Kier molecular flexibility index (Phi) is 6.73. The van der Waals surface area contributed by atoms with Gasteiger partial charge in [0.05, 0.1) is 16.8 Å². The third-order valence-electron chi connectivity index (χ3n) is 5.04. The Morgan fingerprint density at radius 1 is 0.526 bits per heavy atom. The zero-order chi connectivity index (χ0) is 27.8. The van der Waals surface area contributed by atoms with Crippen molar-refractivity contribution in [1.29, 1.82) is 0 Å². The molecule has 6 N–H and O–H groups in total. The molecule has 196 valence electrons. The number of phenolic OH excluding ortho intramolecular Hbond substituents is 4. The predicted octanol–water partition coefficient (Wildman–Crippen LogP) is 4.99. The number of benzene rings is 4. The Hall–Kier alpha value is -4.64. The third kappa shape index (κ3) is 5.37. The van der Waals surface area contributed by atoms with Gasteiger partial charge < -0.3 is 20.4 Å². The highest BCUT2D eigenvalue weighted by molar-refractivity contribution is 7.86. The van der Waals surface area contributed by atoms with Crippen molar-refractivity contribution in [3.63, 3.8) is 0 Å². The summed E-state index contributed by atoms with van der Waals surface area (Å²) >= 11 is 0. The Bertz CT molecular complexity index is 1700. The van der Waals surface area contributed by atoms with Gasteiger partial charge in [-0.3, -0.25) is 9.11 Å². The zero-order valence-corrected chi connectivity index (χ0v) is 20.3. The summed E-state index contributed by atoms with van der Waals surface area (Å²) in [5.41, 5.74) is -1.41. The Balaban J connectivity index is 2.01. The molecule has 4 rings (SSSR count). The van der Waals surface area contributed by atoms with Gasteiger partial charge in [-0.25, -0.2) is 0 Å². The predicted molar refractivity (Wildman–Crippen MR) is 131 cm³/mol. The van der Waals surface area contributed by atoms with E-state index in [0.717, 1.165) is 0 Å². The molecule has 0 aliphatic heterocycles. The first-order valence-electron chi connectivity index (χ1n) is 10.2. The van der Waals surface area contributed by atoms with Gasteiger partial charge in [0, 0.05) is 0 Å². The minimum Gasteiger partial charge on any atom is -0.508 e. The van der Waals surface area contributed by atoms with E-state index in [-0.39, 0.29) is 22.9 Å². The fourth-order valence-electron chi connectivity index (χ4n) is 3.30. The van der Waals surface area contributed by atoms with Crippen LogP contribution in [-0.4, -0.2) is 46.4 Å². The lowest BCUT2D eigenvalue weighted by Gasteiger charge is -2.13. The second-order valence-corrected chi connectivity index (χ2v) is 10.4. The summed E-state index contributed by atoms with van der Waals surface area (Å²) in [7, 11) is -10.2. The lowest BCUT2D eigenvalue weighted by molar-refractivity contribution is 0.458. The first kappa shape index (κ1) is 26.4. The second kappa shape index (κ2) is 9.67. The van der Waals surface area contributed by atoms with Crippen LogP contribution in [-0.2, 0) is 20.2 Å². The van der Waals surface area contributed by atoms with Crippen LogP contribution in [0.1, 0.15) is 0 Å². The summed E-state index contributed by atoms with van der Waals surface area (Å²) in [5.74, 6) is -2.24. The van der Waals surface area contributed by atoms with Crippen LogP contribution in [0.4, 0.5) is 22.7 Å². The van der Waals surface area contributed by atoms with Crippen LogP contribution in [0.5, 0.6) is 23.0 Å². The molecule has 4 aromatic rings. The summed E-state index contributed by atoms with van der Waals surface area (Å²) in [6.07, 6.45) is 0. The molecule has 0 saturated heterocycles. The molecule has 14 nitrogen and oxygen atoms in total. The maximum absolute atomic E-state index is 12.1. The molecular weight excluding hydrogens is 544 g/mol. The quantitative estimate of drug-likeness (QED) is 0.136. The number of hydrogen-bond acceptors (Lipinski definition) is 12. The van der Waals surface area contributed by atoms with Crippen LogP contribution in [0.2, 0.25) is 0 Å². The van der Waals surface area contributed by atoms with Crippen LogP contribution < -0.4 is 0 Å². The lowest BCUT2D eigenvalue weighted by Crippen LogP contribution is -2.01. The van der Waals surface area contributed by atoms with E-state index in [0.29, 0.717) is 12.1 Å². The van der Waals surface area contributed by atoms with E-state index < -0.39 is 63.7 Å². The first-order valence-corrected chi connectivity index (χ1v) is 13.1. The van der Waals surface area contributed by atoms with Gasteiger partial charge in [0.1, 0.15) is 32.7 Å². The summed E-state index contributed by atoms with van der Waals surface area (Å²) < 4.78 is 67.6. The van der Waals surface area contributed by atoms with Crippen molar-refractivity contribution >= 4 is 53.8 Å². The van der Waals surface area contributed by atoms with Crippen molar-refractivity contribution in [2.75, 3.05) is 0 Å². The van der Waals surface area contributed by atoms with Gasteiger partial charge >= 0.3 is 0 Å². The van der Waals surface area contributed by atoms with Gasteiger partial charge in [-0.15, -0.1) is 10.2 Å². The van der Waals surface area contributed by atoms with E-state index in [1.54, 1.807) is 0 Å². The smallest absolute Gasteiger partial charge is 0.296 e. The van der Waals surface area contributed by atoms with Crippen LogP contribution in [0, 0.1) is 0 Å². The summed E-state index contributed by atoms with van der Waals surface area (Å²) in [4.78, 5) is -1.99. The first-order chi connectivity index (χ1) is 17.8. The van der Waals surface area contributed by atoms with Crippen molar-refractivity contribution in [3.8, 4) is 23.0 Å². The molecule has 0 radical (unpaired) electrons. The molecule has 0 aliphatic carbocycles. The number of hydrogen-bond donors (Lipinski definition) is 6. The van der Waals surface area contributed by atoms with Crippen molar-refractivity contribution in [2.45, 2.75) is 9.79 Å². The molecule has 0 spiro atoms. The maximum atomic E-state index is 12.1. The Morgan fingerprint density at radius 3 is 1.18 bits per heavy atom. The van der Waals surface area contributed by atoms with Crippen LogP contribution in [0.3, 0.4) is 0 Å². The van der Waals surface area contributed by atoms with Crippen LogP contribution in [0.15, 0.2) is 90.9 Å². The van der Waals surface area contributed by atoms with Gasteiger partial charge in [-0.1, -0.05) is 0 Å². The molecule has 0 fully saturated rings. The highest BCUT2D eigenvalue weighted by Gasteiger charge is 2.28. The van der Waals surface area contributed by atoms with E-state index >= 15 is 0 Å². The van der Waals surface area contributed by atoms with Gasteiger partial charge in [0.2, 0.25) is 0 Å². The largest absolute Gasteiger partial charge is 0.508 e. The molecule has 16 heteroatoms. The summed E-state index contributed by atoms with van der Waals surface area (Å²) in [6, 6.07) is 11.7. The number of aromatic hydroxyl groups is 4. The molecule has 4 aromatic carbocycles. The number of nitrogens with zero attached hydrogens (tertiary/aromatic N) is 4. The Morgan fingerprint density at radius 2 is 0.868 bits per heavy atom. The fraction of sp³-hybridized carbons (Fsp3) is 0. The highest BCUT2D eigenvalue weighted by atomic mass is 32.2. The average molecular weight is 561 g/mol. The van der Waals surface area contributed by atoms with E-state index in [9.17, 15) is 46.4 Å². The van der Waals surface area contributed by atoms with Crippen LogP contribution in [0.25, 0.3) is 10.8 Å². The highest BCUT2D eigenvalue weighted by Crippen LogP contribution is 2.50. The average Bonchev–Trinajstić information content (AvgIpc) is 2.83. The molecule has 0 aromatic heterocycles. The number of fused-ring (bicyclic) bond motifs is 1. The SMILES string of the molecule is O=S(=O)(O)c1cc2cc(S(=O)(=O)O)c(N=Nc3ccc(O)cc3)c(O)c2c(O)c1N=Nc1ccc(O)cc1. The van der Waals surface area contributed by atoms with Crippen molar-refractivity contribution in [2.24, 2.45) is 20.5 Å². The monoisotopic (exact) mass is 560 g/mol. The topological polar surface area (TPSA) is 239 Å². The van der Waals surface area contributed by atoms with Crippen molar-refractivity contribution in [3.05, 3.63) is 60.7 Å². The van der Waals surface area contributed by atoms with Gasteiger partial charge in [-0.2, -0.15) is 27.1 Å². The van der Waals surface area contributed by atoms with Gasteiger partial charge in [0.15, 0.2) is 11.5 Å². The number of rotatable bonds is 6. The maximum Gasteiger partial charge on any atom is 0.296 e. The minimum atomic E-state index is -5.09. The second-order valence-electron chi connectivity index (χ2n) is 7.62. The van der Waals surface area contributed by atoms with Gasteiger partial charge in [0.25, 0.3) is 20.2 Å². The lowest BCUT2D eigenvalue weighted by atomic mass is 10.1. The Labute approximate surface area is 214 Å². The summed E-state index contributed by atoms with van der Waals surface area (Å²) in [5, 5.41) is 54.4. The van der Waals surface area contributed by atoms with Gasteiger partial charge in [-0.05, 0) is 66.0 Å². The molecule has 38 heavy (non-hydrogen) atoms. The van der Waals surface area contributed by atoms with E-state index in [1.165, 1.54) is 48.5 Å². The molecule has 0 bridgehead atoms. The normalized spacial score (nSPS) is 12.6. The number of azo groups is 2. The molecule has 0 amide bonds. The van der Waals surface area contributed by atoms with Crippen molar-refractivity contribution < 1.29 is 46.4 Å². The zero-order valence-electron chi connectivity index (χ0n) is 18.7. The molecule has 0 heterocycles. The van der Waals surface area contributed by atoms with E-state index in [2.05, 4.69) is 20.5 Å². The molecule has 0 unspecified atom stereocenters.